The Labute approximate surface area is 152 Å². The SMILES string of the molecule is Cc1cccc(OCC(=O)NC2NNC(C)C2c2ccc(F)cc2)c1C. The molecule has 6 heteroatoms. The van der Waals surface area contributed by atoms with Crippen LogP contribution in [-0.4, -0.2) is 24.7 Å². The summed E-state index contributed by atoms with van der Waals surface area (Å²) < 4.78 is 18.8. The van der Waals surface area contributed by atoms with Crippen LogP contribution >= 0.6 is 0 Å². The molecule has 0 aromatic heterocycles. The molecule has 0 radical (unpaired) electrons. The van der Waals surface area contributed by atoms with E-state index in [2.05, 4.69) is 16.2 Å². The van der Waals surface area contributed by atoms with Gasteiger partial charge in [-0.15, -0.1) is 0 Å². The minimum Gasteiger partial charge on any atom is -0.483 e. The molecule has 3 unspecified atom stereocenters. The first-order valence-electron chi connectivity index (χ1n) is 8.70. The number of aryl methyl sites for hydroxylation is 1. The lowest BCUT2D eigenvalue weighted by molar-refractivity contribution is -0.124. The molecule has 1 fully saturated rings. The quantitative estimate of drug-likeness (QED) is 0.770. The van der Waals surface area contributed by atoms with Crippen LogP contribution in [0, 0.1) is 19.7 Å². The van der Waals surface area contributed by atoms with Gasteiger partial charge in [-0.05, 0) is 55.7 Å². The van der Waals surface area contributed by atoms with Crippen LogP contribution < -0.4 is 20.9 Å². The van der Waals surface area contributed by atoms with Crippen LogP contribution in [0.5, 0.6) is 5.75 Å². The molecule has 5 nitrogen and oxygen atoms in total. The number of carbonyl (C=O) groups is 1. The van der Waals surface area contributed by atoms with Gasteiger partial charge in [0.2, 0.25) is 0 Å². The van der Waals surface area contributed by atoms with Gasteiger partial charge in [0.1, 0.15) is 17.7 Å². The summed E-state index contributed by atoms with van der Waals surface area (Å²) in [4.78, 5) is 12.3. The Morgan fingerprint density at radius 1 is 1.15 bits per heavy atom. The summed E-state index contributed by atoms with van der Waals surface area (Å²) in [6.45, 7) is 5.93. The van der Waals surface area contributed by atoms with Crippen LogP contribution in [0.2, 0.25) is 0 Å². The molecule has 2 aromatic rings. The monoisotopic (exact) mass is 357 g/mol. The Hall–Kier alpha value is -2.44. The van der Waals surface area contributed by atoms with Gasteiger partial charge < -0.3 is 10.1 Å². The Morgan fingerprint density at radius 2 is 1.88 bits per heavy atom. The van der Waals surface area contributed by atoms with Crippen molar-refractivity contribution < 1.29 is 13.9 Å². The fraction of sp³-hybridized carbons (Fsp3) is 0.350. The van der Waals surface area contributed by atoms with Gasteiger partial charge in [-0.25, -0.2) is 9.82 Å². The van der Waals surface area contributed by atoms with E-state index in [-0.39, 0.29) is 36.5 Å². The Bertz CT molecular complexity index is 779. The molecule has 0 saturated carbocycles. The predicted octanol–water partition coefficient (Wildman–Crippen LogP) is 2.54. The largest absolute Gasteiger partial charge is 0.483 e. The highest BCUT2D eigenvalue weighted by atomic mass is 19.1. The van der Waals surface area contributed by atoms with E-state index < -0.39 is 0 Å². The van der Waals surface area contributed by atoms with E-state index in [1.165, 1.54) is 12.1 Å². The lowest BCUT2D eigenvalue weighted by Gasteiger charge is -2.22. The van der Waals surface area contributed by atoms with Crippen molar-refractivity contribution in [1.82, 2.24) is 16.2 Å². The molecule has 1 heterocycles. The topological polar surface area (TPSA) is 62.4 Å². The molecule has 0 bridgehead atoms. The standard InChI is InChI=1S/C20H24FN3O2/c1-12-5-4-6-17(13(12)2)26-11-18(25)22-20-19(14(3)23-24-20)15-7-9-16(21)10-8-15/h4-10,14,19-20,23-24H,11H2,1-3H3,(H,22,25). The smallest absolute Gasteiger partial charge is 0.259 e. The third kappa shape index (κ3) is 4.03. The van der Waals surface area contributed by atoms with Gasteiger partial charge in [0.15, 0.2) is 6.61 Å². The van der Waals surface area contributed by atoms with Gasteiger partial charge in [-0.1, -0.05) is 24.3 Å². The molecule has 1 aliphatic heterocycles. The normalized spacial score (nSPS) is 22.2. The molecule has 0 spiro atoms. The molecule has 0 aliphatic carbocycles. The lowest BCUT2D eigenvalue weighted by Crippen LogP contribution is -2.47. The number of carbonyl (C=O) groups excluding carboxylic acids is 1. The van der Waals surface area contributed by atoms with E-state index in [0.717, 1.165) is 16.7 Å². The minimum absolute atomic E-state index is 0.0137. The van der Waals surface area contributed by atoms with Crippen LogP contribution in [0.1, 0.15) is 29.5 Å². The number of benzene rings is 2. The van der Waals surface area contributed by atoms with Gasteiger partial charge in [-0.2, -0.15) is 0 Å². The number of hydrazine groups is 1. The second-order valence-electron chi connectivity index (χ2n) is 6.69. The molecule has 26 heavy (non-hydrogen) atoms. The van der Waals surface area contributed by atoms with E-state index in [0.29, 0.717) is 5.75 Å². The van der Waals surface area contributed by atoms with Gasteiger partial charge in [0, 0.05) is 12.0 Å². The summed E-state index contributed by atoms with van der Waals surface area (Å²) in [5.41, 5.74) is 9.32. The summed E-state index contributed by atoms with van der Waals surface area (Å²) in [5.74, 6) is 0.204. The van der Waals surface area contributed by atoms with Crippen molar-refractivity contribution in [2.45, 2.75) is 38.9 Å². The molecule has 3 rings (SSSR count). The van der Waals surface area contributed by atoms with Crippen molar-refractivity contribution in [3.63, 3.8) is 0 Å². The number of ether oxygens (including phenoxy) is 1. The van der Waals surface area contributed by atoms with Crippen LogP contribution in [-0.2, 0) is 4.79 Å². The van der Waals surface area contributed by atoms with Crippen LogP contribution in [0.15, 0.2) is 42.5 Å². The van der Waals surface area contributed by atoms with Gasteiger partial charge in [0.05, 0.1) is 0 Å². The maximum absolute atomic E-state index is 13.2. The zero-order valence-corrected chi connectivity index (χ0v) is 15.2. The third-order valence-corrected chi connectivity index (χ3v) is 4.85. The zero-order chi connectivity index (χ0) is 18.7. The van der Waals surface area contributed by atoms with Crippen LogP contribution in [0.4, 0.5) is 4.39 Å². The zero-order valence-electron chi connectivity index (χ0n) is 15.2. The van der Waals surface area contributed by atoms with Crippen molar-refractivity contribution >= 4 is 5.91 Å². The maximum Gasteiger partial charge on any atom is 0.259 e. The van der Waals surface area contributed by atoms with Crippen LogP contribution in [0.3, 0.4) is 0 Å². The Balaban J connectivity index is 1.62. The van der Waals surface area contributed by atoms with E-state index >= 15 is 0 Å². The number of halogens is 1. The van der Waals surface area contributed by atoms with Crippen molar-refractivity contribution in [3.8, 4) is 5.75 Å². The Morgan fingerprint density at radius 3 is 2.62 bits per heavy atom. The summed E-state index contributed by atoms with van der Waals surface area (Å²) in [5, 5.41) is 2.95. The van der Waals surface area contributed by atoms with E-state index in [4.69, 9.17) is 4.74 Å². The van der Waals surface area contributed by atoms with Gasteiger partial charge in [0.25, 0.3) is 5.91 Å². The van der Waals surface area contributed by atoms with Crippen molar-refractivity contribution in [2.75, 3.05) is 6.61 Å². The summed E-state index contributed by atoms with van der Waals surface area (Å²) in [6.07, 6.45) is -0.301. The highest BCUT2D eigenvalue weighted by Gasteiger charge is 2.35. The van der Waals surface area contributed by atoms with Crippen molar-refractivity contribution in [2.24, 2.45) is 0 Å². The molecule has 1 saturated heterocycles. The van der Waals surface area contributed by atoms with Gasteiger partial charge >= 0.3 is 0 Å². The van der Waals surface area contributed by atoms with Crippen LogP contribution in [0.25, 0.3) is 0 Å². The van der Waals surface area contributed by atoms with Gasteiger partial charge in [-0.3, -0.25) is 10.2 Å². The highest BCUT2D eigenvalue weighted by molar-refractivity contribution is 5.78. The average Bonchev–Trinajstić information content (AvgIpc) is 2.97. The molecule has 3 N–H and O–H groups in total. The predicted molar refractivity (Wildman–Crippen MR) is 98.2 cm³/mol. The van der Waals surface area contributed by atoms with E-state index in [1.54, 1.807) is 12.1 Å². The molecule has 138 valence electrons. The van der Waals surface area contributed by atoms with E-state index in [1.807, 2.05) is 39.0 Å². The van der Waals surface area contributed by atoms with Crippen molar-refractivity contribution in [3.05, 3.63) is 65.0 Å². The molecule has 1 amide bonds. The molecule has 1 aliphatic rings. The number of hydrogen-bond donors (Lipinski definition) is 3. The molecule has 3 atom stereocenters. The number of amides is 1. The summed E-state index contributed by atoms with van der Waals surface area (Å²) in [6, 6.07) is 12.2. The number of hydrogen-bond acceptors (Lipinski definition) is 4. The second-order valence-corrected chi connectivity index (χ2v) is 6.69. The summed E-state index contributed by atoms with van der Waals surface area (Å²) >= 11 is 0. The number of rotatable bonds is 5. The first kappa shape index (κ1) is 18.4. The fourth-order valence-corrected chi connectivity index (χ4v) is 3.22. The summed E-state index contributed by atoms with van der Waals surface area (Å²) in [7, 11) is 0. The first-order chi connectivity index (χ1) is 12.5. The fourth-order valence-electron chi connectivity index (χ4n) is 3.22. The van der Waals surface area contributed by atoms with Crippen molar-refractivity contribution in [1.29, 1.82) is 0 Å². The average molecular weight is 357 g/mol. The Kier molecular flexibility index (Phi) is 5.54. The number of nitrogens with one attached hydrogen (secondary N) is 3. The second kappa shape index (κ2) is 7.85. The lowest BCUT2D eigenvalue weighted by atomic mass is 9.91. The highest BCUT2D eigenvalue weighted by Crippen LogP contribution is 2.26. The minimum atomic E-state index is -0.301. The molecular formula is C20H24FN3O2. The maximum atomic E-state index is 13.2. The first-order valence-corrected chi connectivity index (χ1v) is 8.70. The third-order valence-electron chi connectivity index (χ3n) is 4.85. The molecular weight excluding hydrogens is 333 g/mol. The van der Waals surface area contributed by atoms with E-state index in [9.17, 15) is 9.18 Å². The molecule has 2 aromatic carbocycles.